The molecule has 0 unspecified atom stereocenters. The fraction of sp³-hybridized carbons (Fsp3) is 0.364. The molecule has 0 aromatic heterocycles. The average molecular weight is 191 g/mol. The molecule has 1 saturated heterocycles. The summed E-state index contributed by atoms with van der Waals surface area (Å²) in [4.78, 5) is 10.8. The first kappa shape index (κ1) is 9.06. The summed E-state index contributed by atoms with van der Waals surface area (Å²) >= 11 is 0. The average Bonchev–Trinajstić information content (AvgIpc) is 2.51. The van der Waals surface area contributed by atoms with Gasteiger partial charge in [-0.05, 0) is 18.9 Å². The highest BCUT2D eigenvalue weighted by Gasteiger charge is 2.21. The molecular formula is C11H13NO2. The van der Waals surface area contributed by atoms with Crippen molar-refractivity contribution in [3.8, 4) is 0 Å². The lowest BCUT2D eigenvalue weighted by Crippen LogP contribution is -2.28. The molecule has 1 fully saturated rings. The van der Waals surface area contributed by atoms with Gasteiger partial charge in [0.15, 0.2) is 0 Å². The van der Waals surface area contributed by atoms with Crippen molar-refractivity contribution in [2.45, 2.75) is 19.4 Å². The second-order valence-corrected chi connectivity index (χ2v) is 3.63. The molecule has 1 aromatic carbocycles. The minimum atomic E-state index is -0.303. The second kappa shape index (κ2) is 3.70. The van der Waals surface area contributed by atoms with Gasteiger partial charge in [-0.15, -0.1) is 0 Å². The summed E-state index contributed by atoms with van der Waals surface area (Å²) < 4.78 is 4.82. The van der Waals surface area contributed by atoms with E-state index in [0.29, 0.717) is 6.61 Å². The maximum Gasteiger partial charge on any atom is 0.407 e. The van der Waals surface area contributed by atoms with Gasteiger partial charge >= 0.3 is 6.09 Å². The van der Waals surface area contributed by atoms with Crippen molar-refractivity contribution in [3.63, 3.8) is 0 Å². The molecule has 0 bridgehead atoms. The summed E-state index contributed by atoms with van der Waals surface area (Å²) in [5.74, 6) is 0. The number of alkyl carbamates (subject to hydrolysis) is 1. The van der Waals surface area contributed by atoms with Gasteiger partial charge in [-0.1, -0.05) is 29.8 Å². The maximum atomic E-state index is 10.8. The SMILES string of the molecule is Cc1cccc(C[C@H]2COC(=O)N2)c1. The van der Waals surface area contributed by atoms with E-state index in [9.17, 15) is 4.79 Å². The zero-order chi connectivity index (χ0) is 9.97. The van der Waals surface area contributed by atoms with E-state index < -0.39 is 0 Å². The standard InChI is InChI=1S/C11H13NO2/c1-8-3-2-4-9(5-8)6-10-7-14-11(13)12-10/h2-5,10H,6-7H2,1H3,(H,12,13)/t10-/m0/s1. The number of aryl methyl sites for hydroxylation is 1. The van der Waals surface area contributed by atoms with Crippen LogP contribution in [0.3, 0.4) is 0 Å². The molecule has 0 radical (unpaired) electrons. The van der Waals surface area contributed by atoms with Crippen LogP contribution in [-0.4, -0.2) is 18.7 Å². The van der Waals surface area contributed by atoms with Crippen molar-refractivity contribution >= 4 is 6.09 Å². The molecule has 1 amide bonds. The molecule has 1 atom stereocenters. The van der Waals surface area contributed by atoms with Crippen molar-refractivity contribution in [2.75, 3.05) is 6.61 Å². The molecule has 1 aliphatic rings. The number of carbonyl (C=O) groups excluding carboxylic acids is 1. The zero-order valence-corrected chi connectivity index (χ0v) is 8.12. The third kappa shape index (κ3) is 2.05. The number of rotatable bonds is 2. The van der Waals surface area contributed by atoms with Crippen molar-refractivity contribution in [1.29, 1.82) is 0 Å². The lowest BCUT2D eigenvalue weighted by molar-refractivity contribution is 0.177. The van der Waals surface area contributed by atoms with Crippen molar-refractivity contribution in [3.05, 3.63) is 35.4 Å². The van der Waals surface area contributed by atoms with Crippen LogP contribution in [0.5, 0.6) is 0 Å². The molecule has 3 nitrogen and oxygen atoms in total. The van der Waals surface area contributed by atoms with Gasteiger partial charge in [-0.25, -0.2) is 4.79 Å². The number of hydrogen-bond acceptors (Lipinski definition) is 2. The van der Waals surface area contributed by atoms with Crippen LogP contribution >= 0.6 is 0 Å². The molecule has 1 N–H and O–H groups in total. The van der Waals surface area contributed by atoms with E-state index in [1.807, 2.05) is 6.07 Å². The number of benzene rings is 1. The first-order chi connectivity index (χ1) is 6.74. The van der Waals surface area contributed by atoms with E-state index in [-0.39, 0.29) is 12.1 Å². The normalized spacial score (nSPS) is 20.4. The predicted octanol–water partition coefficient (Wildman–Crippen LogP) is 1.65. The molecule has 14 heavy (non-hydrogen) atoms. The van der Waals surface area contributed by atoms with Gasteiger partial charge in [-0.2, -0.15) is 0 Å². The van der Waals surface area contributed by atoms with Gasteiger partial charge in [0.25, 0.3) is 0 Å². The van der Waals surface area contributed by atoms with Crippen LogP contribution in [0, 0.1) is 6.92 Å². The van der Waals surface area contributed by atoms with Crippen molar-refractivity contribution in [1.82, 2.24) is 5.32 Å². The monoisotopic (exact) mass is 191 g/mol. The third-order valence-electron chi connectivity index (χ3n) is 2.30. The summed E-state index contributed by atoms with van der Waals surface area (Å²) in [6.07, 6.45) is 0.538. The van der Waals surface area contributed by atoms with Crippen molar-refractivity contribution in [2.24, 2.45) is 0 Å². The minimum Gasteiger partial charge on any atom is -0.447 e. The van der Waals surface area contributed by atoms with Crippen LogP contribution < -0.4 is 5.32 Å². The number of amides is 1. The highest BCUT2D eigenvalue weighted by Crippen LogP contribution is 2.09. The first-order valence-electron chi connectivity index (χ1n) is 4.73. The molecule has 0 saturated carbocycles. The van der Waals surface area contributed by atoms with E-state index in [0.717, 1.165) is 6.42 Å². The van der Waals surface area contributed by atoms with Crippen LogP contribution in [0.2, 0.25) is 0 Å². The van der Waals surface area contributed by atoms with Crippen LogP contribution in [0.25, 0.3) is 0 Å². The van der Waals surface area contributed by atoms with Gasteiger partial charge in [0.05, 0.1) is 6.04 Å². The minimum absolute atomic E-state index is 0.129. The molecule has 74 valence electrons. The van der Waals surface area contributed by atoms with Crippen LogP contribution in [0.4, 0.5) is 4.79 Å². The summed E-state index contributed by atoms with van der Waals surface area (Å²) in [5, 5.41) is 2.76. The number of nitrogens with one attached hydrogen (secondary N) is 1. The second-order valence-electron chi connectivity index (χ2n) is 3.63. The van der Waals surface area contributed by atoms with E-state index in [4.69, 9.17) is 4.74 Å². The highest BCUT2D eigenvalue weighted by atomic mass is 16.6. The Morgan fingerprint density at radius 1 is 1.57 bits per heavy atom. The number of hydrogen-bond donors (Lipinski definition) is 1. The summed E-state index contributed by atoms with van der Waals surface area (Å²) in [5.41, 5.74) is 2.48. The van der Waals surface area contributed by atoms with E-state index in [2.05, 4.69) is 30.4 Å². The van der Waals surface area contributed by atoms with Crippen LogP contribution in [0.15, 0.2) is 24.3 Å². The smallest absolute Gasteiger partial charge is 0.407 e. The van der Waals surface area contributed by atoms with Crippen molar-refractivity contribution < 1.29 is 9.53 Å². The lowest BCUT2D eigenvalue weighted by Gasteiger charge is -2.07. The predicted molar refractivity (Wildman–Crippen MR) is 53.2 cm³/mol. The fourth-order valence-corrected chi connectivity index (χ4v) is 1.66. The van der Waals surface area contributed by atoms with E-state index in [1.54, 1.807) is 0 Å². The topological polar surface area (TPSA) is 38.3 Å². The zero-order valence-electron chi connectivity index (χ0n) is 8.12. The van der Waals surface area contributed by atoms with Crippen LogP contribution in [-0.2, 0) is 11.2 Å². The van der Waals surface area contributed by atoms with E-state index >= 15 is 0 Å². The summed E-state index contributed by atoms with van der Waals surface area (Å²) in [6, 6.07) is 8.42. The third-order valence-corrected chi connectivity index (χ3v) is 2.30. The largest absolute Gasteiger partial charge is 0.447 e. The molecule has 0 spiro atoms. The van der Waals surface area contributed by atoms with Gasteiger partial charge in [-0.3, -0.25) is 0 Å². The van der Waals surface area contributed by atoms with Crippen LogP contribution in [0.1, 0.15) is 11.1 Å². The van der Waals surface area contributed by atoms with E-state index in [1.165, 1.54) is 11.1 Å². The highest BCUT2D eigenvalue weighted by molar-refractivity contribution is 5.69. The quantitative estimate of drug-likeness (QED) is 0.771. The number of ether oxygens (including phenoxy) is 1. The lowest BCUT2D eigenvalue weighted by atomic mass is 10.0. The molecule has 0 aliphatic carbocycles. The Morgan fingerprint density at radius 3 is 3.07 bits per heavy atom. The molecule has 1 aromatic rings. The Hall–Kier alpha value is -1.51. The first-order valence-corrected chi connectivity index (χ1v) is 4.73. The Kier molecular flexibility index (Phi) is 2.39. The summed E-state index contributed by atoms with van der Waals surface area (Å²) in [6.45, 7) is 2.54. The fourth-order valence-electron chi connectivity index (χ4n) is 1.66. The number of cyclic esters (lactones) is 1. The Balaban J connectivity index is 2.00. The van der Waals surface area contributed by atoms with Gasteiger partial charge < -0.3 is 10.1 Å². The molecule has 2 rings (SSSR count). The van der Waals surface area contributed by atoms with Gasteiger partial charge in [0.2, 0.25) is 0 Å². The van der Waals surface area contributed by atoms with Gasteiger partial charge in [0.1, 0.15) is 6.61 Å². The Labute approximate surface area is 83.1 Å². The Bertz CT molecular complexity index is 349. The molecule has 3 heteroatoms. The van der Waals surface area contributed by atoms with Gasteiger partial charge in [0, 0.05) is 0 Å². The molecular weight excluding hydrogens is 178 g/mol. The Morgan fingerprint density at radius 2 is 2.43 bits per heavy atom. The maximum absolute atomic E-state index is 10.8. The molecule has 1 heterocycles. The summed E-state index contributed by atoms with van der Waals surface area (Å²) in [7, 11) is 0. The number of carbonyl (C=O) groups is 1. The molecule has 1 aliphatic heterocycles.